The number of hydrogen-bond acceptors (Lipinski definition) is 6. The maximum absolute atomic E-state index is 13.1. The topological polar surface area (TPSA) is 68.3 Å². The third-order valence-corrected chi connectivity index (χ3v) is 7.36. The van der Waals surface area contributed by atoms with E-state index in [0.717, 1.165) is 38.8 Å². The van der Waals surface area contributed by atoms with E-state index >= 15 is 0 Å². The standard InChI is InChI=1S/C19H30N2O5S/c1-20-10-6-15(7-11-20)26-16-8-12-21(13-9-16)27(22,23)19-14-17(24-2)4-5-18(19)25-3/h4-5,14-16H,6-13H2,1-3H3. The molecule has 2 saturated heterocycles. The quantitative estimate of drug-likeness (QED) is 0.730. The zero-order chi connectivity index (χ0) is 19.4. The second kappa shape index (κ2) is 8.77. The predicted molar refractivity (Wildman–Crippen MR) is 103 cm³/mol. The maximum Gasteiger partial charge on any atom is 0.246 e. The van der Waals surface area contributed by atoms with Crippen molar-refractivity contribution in [1.29, 1.82) is 0 Å². The Bertz CT molecular complexity index is 724. The van der Waals surface area contributed by atoms with Crippen LogP contribution in [0.1, 0.15) is 25.7 Å². The summed E-state index contributed by atoms with van der Waals surface area (Å²) in [6.45, 7) is 3.04. The van der Waals surface area contributed by atoms with Crippen LogP contribution in [0.15, 0.2) is 23.1 Å². The molecule has 2 aliphatic rings. The highest BCUT2D eigenvalue weighted by atomic mass is 32.2. The number of ether oxygens (including phenoxy) is 3. The number of rotatable bonds is 6. The molecule has 0 unspecified atom stereocenters. The van der Waals surface area contributed by atoms with Crippen molar-refractivity contribution in [3.8, 4) is 11.5 Å². The Morgan fingerprint density at radius 2 is 1.52 bits per heavy atom. The first-order valence-corrected chi connectivity index (χ1v) is 10.9. The van der Waals surface area contributed by atoms with Crippen LogP contribution < -0.4 is 9.47 Å². The Kier molecular flexibility index (Phi) is 6.62. The average Bonchev–Trinajstić information content (AvgIpc) is 2.69. The average molecular weight is 399 g/mol. The van der Waals surface area contributed by atoms with Crippen LogP contribution in [-0.2, 0) is 14.8 Å². The fourth-order valence-corrected chi connectivity index (χ4v) is 5.37. The minimum atomic E-state index is -3.64. The number of nitrogens with zero attached hydrogens (tertiary/aromatic N) is 2. The number of benzene rings is 1. The van der Waals surface area contributed by atoms with E-state index in [1.54, 1.807) is 12.1 Å². The van der Waals surface area contributed by atoms with E-state index in [1.165, 1.54) is 24.6 Å². The van der Waals surface area contributed by atoms with E-state index in [4.69, 9.17) is 14.2 Å². The molecule has 8 heteroatoms. The van der Waals surface area contributed by atoms with E-state index in [9.17, 15) is 8.42 Å². The highest BCUT2D eigenvalue weighted by Crippen LogP contribution is 2.32. The van der Waals surface area contributed by atoms with Gasteiger partial charge in [-0.05, 0) is 44.9 Å². The van der Waals surface area contributed by atoms with E-state index in [2.05, 4.69) is 11.9 Å². The van der Waals surface area contributed by atoms with Crippen LogP contribution in [0.5, 0.6) is 11.5 Å². The molecule has 0 amide bonds. The Hall–Kier alpha value is -1.35. The molecule has 0 radical (unpaired) electrons. The summed E-state index contributed by atoms with van der Waals surface area (Å²) in [7, 11) is 1.49. The third kappa shape index (κ3) is 4.74. The van der Waals surface area contributed by atoms with Crippen LogP contribution in [0.2, 0.25) is 0 Å². The van der Waals surface area contributed by atoms with Gasteiger partial charge in [-0.3, -0.25) is 0 Å². The minimum Gasteiger partial charge on any atom is -0.497 e. The summed E-state index contributed by atoms with van der Waals surface area (Å²) in [4.78, 5) is 2.47. The number of hydrogen-bond donors (Lipinski definition) is 0. The van der Waals surface area contributed by atoms with Gasteiger partial charge in [-0.1, -0.05) is 0 Å². The van der Waals surface area contributed by atoms with Crippen LogP contribution in [0, 0.1) is 0 Å². The van der Waals surface area contributed by atoms with Gasteiger partial charge in [0.15, 0.2) is 0 Å². The van der Waals surface area contributed by atoms with Crippen LogP contribution >= 0.6 is 0 Å². The molecule has 0 bridgehead atoms. The first-order chi connectivity index (χ1) is 12.9. The van der Waals surface area contributed by atoms with Crippen molar-refractivity contribution in [1.82, 2.24) is 9.21 Å². The van der Waals surface area contributed by atoms with E-state index in [1.807, 2.05) is 0 Å². The Labute approximate surface area is 162 Å². The summed E-state index contributed by atoms with van der Waals surface area (Å²) < 4.78 is 44.4. The van der Waals surface area contributed by atoms with Gasteiger partial charge < -0.3 is 19.1 Å². The molecule has 0 atom stereocenters. The lowest BCUT2D eigenvalue weighted by Crippen LogP contribution is -2.43. The Morgan fingerprint density at radius 1 is 0.926 bits per heavy atom. The normalized spacial score (nSPS) is 21.3. The Balaban J connectivity index is 1.63. The van der Waals surface area contributed by atoms with E-state index < -0.39 is 10.0 Å². The molecule has 152 valence electrons. The molecule has 0 spiro atoms. The first-order valence-electron chi connectivity index (χ1n) is 9.50. The molecule has 3 rings (SSSR count). The first kappa shape index (κ1) is 20.4. The van der Waals surface area contributed by atoms with Gasteiger partial charge in [0.1, 0.15) is 16.4 Å². The van der Waals surface area contributed by atoms with Crippen LogP contribution in [0.25, 0.3) is 0 Å². The van der Waals surface area contributed by atoms with Gasteiger partial charge in [0.05, 0.1) is 26.4 Å². The molecule has 0 N–H and O–H groups in total. The SMILES string of the molecule is COc1ccc(OC)c(S(=O)(=O)N2CCC(OC3CCN(C)CC3)CC2)c1. The lowest BCUT2D eigenvalue weighted by atomic mass is 10.1. The smallest absolute Gasteiger partial charge is 0.246 e. The number of piperidine rings is 2. The fraction of sp³-hybridized carbons (Fsp3) is 0.684. The number of sulfonamides is 1. The van der Waals surface area contributed by atoms with Crippen molar-refractivity contribution in [3.05, 3.63) is 18.2 Å². The zero-order valence-electron chi connectivity index (χ0n) is 16.4. The highest BCUT2D eigenvalue weighted by molar-refractivity contribution is 7.89. The van der Waals surface area contributed by atoms with Crippen molar-refractivity contribution in [3.63, 3.8) is 0 Å². The summed E-state index contributed by atoms with van der Waals surface area (Å²) in [6, 6.07) is 4.84. The molecule has 0 aromatic heterocycles. The molecule has 27 heavy (non-hydrogen) atoms. The van der Waals surface area contributed by atoms with Crippen molar-refractivity contribution in [2.75, 3.05) is 47.4 Å². The molecular weight excluding hydrogens is 368 g/mol. The fourth-order valence-electron chi connectivity index (χ4n) is 3.73. The Morgan fingerprint density at radius 3 is 2.07 bits per heavy atom. The van der Waals surface area contributed by atoms with Crippen molar-refractivity contribution < 1.29 is 22.6 Å². The summed E-state index contributed by atoms with van der Waals surface area (Å²) in [5.41, 5.74) is 0. The summed E-state index contributed by atoms with van der Waals surface area (Å²) in [5.74, 6) is 0.829. The molecule has 0 aliphatic carbocycles. The third-order valence-electron chi connectivity index (χ3n) is 5.44. The molecule has 2 fully saturated rings. The van der Waals surface area contributed by atoms with Crippen molar-refractivity contribution >= 4 is 10.0 Å². The summed E-state index contributed by atoms with van der Waals surface area (Å²) in [6.07, 6.45) is 3.98. The predicted octanol–water partition coefficient (Wildman–Crippen LogP) is 1.97. The van der Waals surface area contributed by atoms with Gasteiger partial charge in [-0.25, -0.2) is 8.42 Å². The maximum atomic E-state index is 13.1. The molecule has 2 heterocycles. The summed E-state index contributed by atoms with van der Waals surface area (Å²) in [5, 5.41) is 0. The largest absolute Gasteiger partial charge is 0.497 e. The van der Waals surface area contributed by atoms with Crippen molar-refractivity contribution in [2.24, 2.45) is 0 Å². The molecule has 1 aromatic carbocycles. The molecule has 2 aliphatic heterocycles. The second-order valence-corrected chi connectivity index (χ2v) is 9.17. The van der Waals surface area contributed by atoms with Crippen LogP contribution in [-0.4, -0.2) is 77.3 Å². The van der Waals surface area contributed by atoms with Crippen LogP contribution in [0.3, 0.4) is 0 Å². The second-order valence-electron chi connectivity index (χ2n) is 7.26. The van der Waals surface area contributed by atoms with Crippen molar-refractivity contribution in [2.45, 2.75) is 42.8 Å². The molecule has 1 aromatic rings. The van der Waals surface area contributed by atoms with Crippen LogP contribution in [0.4, 0.5) is 0 Å². The van der Waals surface area contributed by atoms with Gasteiger partial charge in [0.2, 0.25) is 10.0 Å². The lowest BCUT2D eigenvalue weighted by Gasteiger charge is -2.36. The lowest BCUT2D eigenvalue weighted by molar-refractivity contribution is -0.0564. The molecular formula is C19H30N2O5S. The van der Waals surface area contributed by atoms with Gasteiger partial charge in [-0.15, -0.1) is 0 Å². The highest BCUT2D eigenvalue weighted by Gasteiger charge is 2.33. The number of methoxy groups -OCH3 is 2. The molecule has 0 saturated carbocycles. The number of likely N-dealkylation sites (tertiary alicyclic amines) is 1. The van der Waals surface area contributed by atoms with Gasteiger partial charge >= 0.3 is 0 Å². The van der Waals surface area contributed by atoms with E-state index in [-0.39, 0.29) is 11.0 Å². The van der Waals surface area contributed by atoms with Gasteiger partial charge in [-0.2, -0.15) is 4.31 Å². The van der Waals surface area contributed by atoms with E-state index in [0.29, 0.717) is 30.7 Å². The minimum absolute atomic E-state index is 0.136. The summed E-state index contributed by atoms with van der Waals surface area (Å²) >= 11 is 0. The van der Waals surface area contributed by atoms with Gasteiger partial charge in [0.25, 0.3) is 0 Å². The monoisotopic (exact) mass is 398 g/mol. The molecule has 7 nitrogen and oxygen atoms in total. The zero-order valence-corrected chi connectivity index (χ0v) is 17.2. The van der Waals surface area contributed by atoms with Gasteiger partial charge in [0, 0.05) is 32.2 Å².